The van der Waals surface area contributed by atoms with Crippen molar-refractivity contribution in [3.63, 3.8) is 0 Å². The van der Waals surface area contributed by atoms with Gasteiger partial charge >= 0.3 is 24.1 Å². The van der Waals surface area contributed by atoms with E-state index in [1.54, 1.807) is 81.4 Å². The van der Waals surface area contributed by atoms with E-state index in [0.29, 0.717) is 11.1 Å². The molecule has 1 aliphatic heterocycles. The van der Waals surface area contributed by atoms with Crippen LogP contribution in [0.25, 0.3) is 0 Å². The fraction of sp³-hybridized carbons (Fsp3) is 0.568. The molecule has 17 heteroatoms. The summed E-state index contributed by atoms with van der Waals surface area (Å²) in [6, 6.07) is 14.8. The molecule has 6 aliphatic rings. The molecule has 5 aliphatic carbocycles. The molecule has 61 heavy (non-hydrogen) atoms. The van der Waals surface area contributed by atoms with E-state index in [4.69, 9.17) is 33.2 Å². The van der Waals surface area contributed by atoms with E-state index in [-0.39, 0.29) is 30.6 Å². The predicted octanol–water partition coefficient (Wildman–Crippen LogP) is 3.06. The molecule has 0 aromatic heterocycles. The summed E-state index contributed by atoms with van der Waals surface area (Å²) >= 11 is 0. The first-order valence-corrected chi connectivity index (χ1v) is 20.1. The van der Waals surface area contributed by atoms with E-state index in [1.807, 2.05) is 0 Å². The Morgan fingerprint density at radius 3 is 2.11 bits per heavy atom. The SMILES string of the molecule is COC(=O)O[C@H]1C(=O)[C@]2(C)[C@@H](OC)C[C@H]3OC[C@@]3(OC(C)=O)[C@H]2[C@]2(OC(O)c3ccccc3)C[C@@]3(C)C1=C(C)[C@@H](OC(=O)[C@H](O)[C@@H](NC(=O)N(C)C)c1ccccc1)C[C@]32O. The van der Waals surface area contributed by atoms with E-state index in [0.717, 1.165) is 7.11 Å². The van der Waals surface area contributed by atoms with Crippen LogP contribution in [0.5, 0.6) is 0 Å². The topological polar surface area (TPSA) is 226 Å². The lowest BCUT2D eigenvalue weighted by Gasteiger charge is -2.78. The van der Waals surface area contributed by atoms with Crippen LogP contribution >= 0.6 is 0 Å². The molecule has 5 fully saturated rings. The van der Waals surface area contributed by atoms with Gasteiger partial charge in [0.1, 0.15) is 23.4 Å². The minimum Gasteiger partial charge on any atom is -0.456 e. The summed E-state index contributed by atoms with van der Waals surface area (Å²) in [5.41, 5.74) is -8.22. The van der Waals surface area contributed by atoms with Gasteiger partial charge in [-0.3, -0.25) is 9.59 Å². The summed E-state index contributed by atoms with van der Waals surface area (Å²) in [6.45, 7) is 5.79. The number of carbonyl (C=O) groups is 5. The van der Waals surface area contributed by atoms with Crippen LogP contribution in [-0.2, 0) is 47.5 Å². The van der Waals surface area contributed by atoms with Gasteiger partial charge in [0.2, 0.25) is 0 Å². The van der Waals surface area contributed by atoms with Crippen molar-refractivity contribution in [2.24, 2.45) is 16.7 Å². The number of nitrogens with zero attached hydrogens (tertiary/aromatic N) is 1. The average molecular weight is 851 g/mol. The second-order valence-electron chi connectivity index (χ2n) is 17.4. The summed E-state index contributed by atoms with van der Waals surface area (Å²) in [6.07, 6.45) is -10.6. The smallest absolute Gasteiger partial charge is 0.456 e. The monoisotopic (exact) mass is 850 g/mol. The average Bonchev–Trinajstić information content (AvgIpc) is 3.22. The van der Waals surface area contributed by atoms with E-state index >= 15 is 4.79 Å². The van der Waals surface area contributed by atoms with Crippen LogP contribution < -0.4 is 5.32 Å². The van der Waals surface area contributed by atoms with Crippen molar-refractivity contribution >= 4 is 29.9 Å². The summed E-state index contributed by atoms with van der Waals surface area (Å²) in [4.78, 5) is 70.5. The number of urea groups is 1. The molecule has 1 heterocycles. The van der Waals surface area contributed by atoms with Gasteiger partial charge in [-0.05, 0) is 37.0 Å². The van der Waals surface area contributed by atoms with Crippen molar-refractivity contribution in [1.82, 2.24) is 10.2 Å². The minimum absolute atomic E-state index is 0.0452. The molecule has 13 atom stereocenters. The van der Waals surface area contributed by atoms with E-state index in [1.165, 1.54) is 33.0 Å². The molecule has 2 aromatic carbocycles. The lowest BCUT2D eigenvalue weighted by atomic mass is 9.31. The third-order valence-electron chi connectivity index (χ3n) is 14.0. The van der Waals surface area contributed by atoms with Crippen molar-refractivity contribution < 1.29 is 72.5 Å². The van der Waals surface area contributed by atoms with E-state index < -0.39 is 113 Å². The number of hydrogen-bond donors (Lipinski definition) is 4. The Morgan fingerprint density at radius 2 is 1.57 bits per heavy atom. The van der Waals surface area contributed by atoms with Crippen molar-refractivity contribution in [2.45, 2.75) is 107 Å². The second-order valence-corrected chi connectivity index (χ2v) is 17.4. The molecular formula is C44H54N2O15. The zero-order valence-corrected chi connectivity index (χ0v) is 35.4. The number of carbonyl (C=O) groups excluding carboxylic acids is 5. The number of fused-ring (bicyclic) bond motifs is 2. The van der Waals surface area contributed by atoms with Crippen LogP contribution in [0.2, 0.25) is 0 Å². The first-order valence-electron chi connectivity index (χ1n) is 20.1. The maximum absolute atomic E-state index is 15.8. The zero-order valence-electron chi connectivity index (χ0n) is 35.4. The highest BCUT2D eigenvalue weighted by molar-refractivity contribution is 5.95. The van der Waals surface area contributed by atoms with Crippen LogP contribution in [0.4, 0.5) is 9.59 Å². The van der Waals surface area contributed by atoms with Crippen LogP contribution in [0, 0.1) is 16.7 Å². The number of aliphatic hydroxyl groups excluding tert-OH is 2. The molecule has 1 saturated heterocycles. The molecule has 330 valence electrons. The Bertz CT molecular complexity index is 2100. The van der Waals surface area contributed by atoms with E-state index in [9.17, 15) is 34.5 Å². The largest absolute Gasteiger partial charge is 0.509 e. The Labute approximate surface area is 353 Å². The minimum atomic E-state index is -2.23. The predicted molar refractivity (Wildman–Crippen MR) is 211 cm³/mol. The number of methoxy groups -OCH3 is 2. The first kappa shape index (κ1) is 44.2. The number of ketones is 1. The normalized spacial score (nSPS) is 36.1. The number of esters is 2. The second kappa shape index (κ2) is 15.8. The first-order chi connectivity index (χ1) is 28.8. The van der Waals surface area contributed by atoms with Crippen LogP contribution in [0.1, 0.15) is 70.4 Å². The van der Waals surface area contributed by atoms with Gasteiger partial charge in [-0.15, -0.1) is 0 Å². The fourth-order valence-electron chi connectivity index (χ4n) is 11.2. The molecule has 8 rings (SSSR count). The lowest BCUT2D eigenvalue weighted by Crippen LogP contribution is -2.91. The summed E-state index contributed by atoms with van der Waals surface area (Å²) in [5.74, 6) is -4.00. The molecule has 0 spiro atoms. The number of rotatable bonds is 11. The molecule has 2 amide bonds. The molecule has 4 bridgehead atoms. The van der Waals surface area contributed by atoms with Gasteiger partial charge in [0.15, 0.2) is 29.9 Å². The highest BCUT2D eigenvalue weighted by Gasteiger charge is 2.88. The quantitative estimate of drug-likeness (QED) is 0.110. The van der Waals surface area contributed by atoms with Crippen molar-refractivity contribution in [3.8, 4) is 0 Å². The Morgan fingerprint density at radius 1 is 0.951 bits per heavy atom. The summed E-state index contributed by atoms with van der Waals surface area (Å²) < 4.78 is 42.1. The van der Waals surface area contributed by atoms with Gasteiger partial charge in [-0.25, -0.2) is 14.4 Å². The van der Waals surface area contributed by atoms with Crippen molar-refractivity contribution in [2.75, 3.05) is 34.9 Å². The highest BCUT2D eigenvalue weighted by Crippen LogP contribution is 2.77. The summed E-state index contributed by atoms with van der Waals surface area (Å²) in [5, 5.41) is 40.2. The van der Waals surface area contributed by atoms with Crippen LogP contribution in [0.15, 0.2) is 71.8 Å². The van der Waals surface area contributed by atoms with Gasteiger partial charge in [-0.1, -0.05) is 67.6 Å². The Balaban J connectivity index is 1.44. The number of hydrogen-bond acceptors (Lipinski definition) is 15. The Hall–Kier alpha value is -4.91. The lowest BCUT2D eigenvalue weighted by molar-refractivity contribution is -0.433. The third kappa shape index (κ3) is 6.54. The summed E-state index contributed by atoms with van der Waals surface area (Å²) in [7, 11) is 5.46. The molecule has 17 nitrogen and oxygen atoms in total. The van der Waals surface area contributed by atoms with Gasteiger partial charge in [-0.2, -0.15) is 0 Å². The van der Waals surface area contributed by atoms with E-state index in [2.05, 4.69) is 5.32 Å². The maximum atomic E-state index is 15.8. The third-order valence-corrected chi connectivity index (χ3v) is 14.0. The van der Waals surface area contributed by atoms with Gasteiger partial charge in [0.05, 0.1) is 37.2 Å². The number of Topliss-reactive ketones (excluding diaryl/α,β-unsaturated/α-hetero) is 1. The molecule has 0 radical (unpaired) electrons. The highest BCUT2D eigenvalue weighted by atomic mass is 16.7. The standard InChI is InChI=1S/C44H54N2O15/c1-23-27(58-36(51)32(48)31(45-38(52)46(5)6)25-15-11-9-12-16-25)20-44(54)40(3)21-43(44,61-35(50)26-17-13-10-14-18-26)37-41(4,34(49)33(30(23)40)59-39(53)56-8)28(55-7)19-29-42(37,22-57-29)60-24(2)47/h9-18,27-29,31-33,35,37,48,50,54H,19-22H2,1-8H3,(H,45,52)/t27-,28-,29+,31-,32+,33+,35?,37-,40-,41-,42-,43+,44-/m0/s1. The number of benzene rings is 2. The van der Waals surface area contributed by atoms with Gasteiger partial charge in [0.25, 0.3) is 0 Å². The number of aliphatic hydroxyl groups is 3. The van der Waals surface area contributed by atoms with Crippen LogP contribution in [0.3, 0.4) is 0 Å². The number of nitrogens with one attached hydrogen (secondary N) is 1. The maximum Gasteiger partial charge on any atom is 0.509 e. The number of amides is 2. The zero-order chi connectivity index (χ0) is 44.4. The number of ether oxygens (including phenoxy) is 7. The van der Waals surface area contributed by atoms with Gasteiger partial charge < -0.3 is 58.7 Å². The van der Waals surface area contributed by atoms with Crippen molar-refractivity contribution in [3.05, 3.63) is 82.9 Å². The van der Waals surface area contributed by atoms with Crippen LogP contribution in [-0.4, -0.2) is 132 Å². The fourth-order valence-corrected chi connectivity index (χ4v) is 11.2. The molecule has 1 unspecified atom stereocenters. The molecular weight excluding hydrogens is 796 g/mol. The van der Waals surface area contributed by atoms with Gasteiger partial charge in [0, 0.05) is 51.9 Å². The molecule has 4 saturated carbocycles. The molecule has 2 aromatic rings. The van der Waals surface area contributed by atoms with Crippen molar-refractivity contribution in [1.29, 1.82) is 0 Å². The molecule has 4 N–H and O–H groups in total. The Kier molecular flexibility index (Phi) is 11.4.